The molecule has 10 heteroatoms. The summed E-state index contributed by atoms with van der Waals surface area (Å²) in [4.78, 5) is 13.8. The lowest BCUT2D eigenvalue weighted by Gasteiger charge is -2.21. The minimum Gasteiger partial charge on any atom is -0.467 e. The van der Waals surface area contributed by atoms with Crippen molar-refractivity contribution >= 4 is 27.6 Å². The van der Waals surface area contributed by atoms with Crippen LogP contribution in [0.3, 0.4) is 0 Å². The molecule has 0 fully saturated rings. The molecule has 0 aliphatic carbocycles. The van der Waals surface area contributed by atoms with Gasteiger partial charge < -0.3 is 19.7 Å². The van der Waals surface area contributed by atoms with Gasteiger partial charge in [0.05, 0.1) is 25.1 Å². The number of carbonyl (C=O) groups excluding carboxylic acids is 1. The Morgan fingerprint density at radius 1 is 1.19 bits per heavy atom. The number of hydrogen-bond donors (Lipinski definition) is 3. The van der Waals surface area contributed by atoms with Gasteiger partial charge in [-0.15, -0.1) is 0 Å². The van der Waals surface area contributed by atoms with Crippen LogP contribution in [0.1, 0.15) is 5.76 Å². The second kappa shape index (κ2) is 8.70. The number of urea groups is 1. The van der Waals surface area contributed by atoms with E-state index in [1.54, 1.807) is 30.3 Å². The van der Waals surface area contributed by atoms with E-state index < -0.39 is 16.2 Å². The van der Waals surface area contributed by atoms with Crippen LogP contribution in [-0.4, -0.2) is 56.0 Å². The number of aliphatic hydroxyl groups is 1. The van der Waals surface area contributed by atoms with Gasteiger partial charge in [0, 0.05) is 26.3 Å². The van der Waals surface area contributed by atoms with Gasteiger partial charge in [-0.25, -0.2) is 4.79 Å². The summed E-state index contributed by atoms with van der Waals surface area (Å²) in [7, 11) is -0.817. The fourth-order valence-electron chi connectivity index (χ4n) is 2.07. The molecule has 0 aliphatic heterocycles. The maximum atomic E-state index is 12.4. The van der Waals surface area contributed by atoms with Crippen LogP contribution in [0, 0.1) is 0 Å². The Hall–Kier alpha value is -2.56. The van der Waals surface area contributed by atoms with Crippen molar-refractivity contribution in [1.29, 1.82) is 0 Å². The lowest BCUT2D eigenvalue weighted by Crippen LogP contribution is -2.36. The molecule has 0 saturated carbocycles. The molecule has 142 valence electrons. The third-order valence-electron chi connectivity index (χ3n) is 3.43. The third-order valence-corrected chi connectivity index (χ3v) is 4.88. The molecule has 0 atom stereocenters. The lowest BCUT2D eigenvalue weighted by atomic mass is 10.3. The second-order valence-corrected chi connectivity index (χ2v) is 7.51. The van der Waals surface area contributed by atoms with E-state index in [2.05, 4.69) is 10.0 Å². The molecule has 0 aliphatic rings. The monoisotopic (exact) mass is 382 g/mol. The van der Waals surface area contributed by atoms with Crippen molar-refractivity contribution in [3.8, 4) is 0 Å². The molecule has 26 heavy (non-hydrogen) atoms. The second-order valence-electron chi connectivity index (χ2n) is 5.62. The van der Waals surface area contributed by atoms with Gasteiger partial charge in [-0.2, -0.15) is 12.7 Å². The number of rotatable bonds is 8. The first-order chi connectivity index (χ1) is 12.3. The van der Waals surface area contributed by atoms with E-state index in [0.717, 1.165) is 4.31 Å². The minimum absolute atomic E-state index is 0.124. The maximum absolute atomic E-state index is 12.4. The van der Waals surface area contributed by atoms with E-state index in [1.165, 1.54) is 31.3 Å². The molecule has 2 aromatic rings. The number of nitrogens with zero attached hydrogens (tertiary/aromatic N) is 2. The summed E-state index contributed by atoms with van der Waals surface area (Å²) in [5.74, 6) is 0.584. The van der Waals surface area contributed by atoms with Crippen molar-refractivity contribution in [1.82, 2.24) is 9.21 Å². The quantitative estimate of drug-likeness (QED) is 0.640. The molecule has 0 unspecified atom stereocenters. The Morgan fingerprint density at radius 2 is 1.92 bits per heavy atom. The smallest absolute Gasteiger partial charge is 0.322 e. The normalized spacial score (nSPS) is 11.4. The summed E-state index contributed by atoms with van der Waals surface area (Å²) >= 11 is 0. The highest BCUT2D eigenvalue weighted by Gasteiger charge is 2.16. The molecule has 9 nitrogen and oxygen atoms in total. The highest BCUT2D eigenvalue weighted by molar-refractivity contribution is 7.90. The van der Waals surface area contributed by atoms with Gasteiger partial charge in [-0.1, -0.05) is 6.07 Å². The fraction of sp³-hybridized carbons (Fsp3) is 0.312. The Kier molecular flexibility index (Phi) is 6.61. The van der Waals surface area contributed by atoms with Crippen molar-refractivity contribution in [3.63, 3.8) is 0 Å². The van der Waals surface area contributed by atoms with E-state index in [0.29, 0.717) is 17.1 Å². The fourth-order valence-corrected chi connectivity index (χ4v) is 2.67. The number of carbonyl (C=O) groups is 1. The van der Waals surface area contributed by atoms with Crippen LogP contribution >= 0.6 is 0 Å². The van der Waals surface area contributed by atoms with Gasteiger partial charge in [0.15, 0.2) is 0 Å². The highest BCUT2D eigenvalue weighted by atomic mass is 32.2. The van der Waals surface area contributed by atoms with Crippen LogP contribution in [0.15, 0.2) is 47.1 Å². The van der Waals surface area contributed by atoms with Crippen LogP contribution in [-0.2, 0) is 16.8 Å². The first kappa shape index (κ1) is 19.8. The first-order valence-corrected chi connectivity index (χ1v) is 9.25. The molecular weight excluding hydrogens is 360 g/mol. The largest absolute Gasteiger partial charge is 0.467 e. The van der Waals surface area contributed by atoms with Gasteiger partial charge in [0.2, 0.25) is 0 Å². The highest BCUT2D eigenvalue weighted by Crippen LogP contribution is 2.18. The molecule has 0 spiro atoms. The maximum Gasteiger partial charge on any atom is 0.322 e. The van der Waals surface area contributed by atoms with Crippen molar-refractivity contribution in [2.24, 2.45) is 0 Å². The Bertz CT molecular complexity index is 821. The number of benzene rings is 1. The van der Waals surface area contributed by atoms with Crippen LogP contribution in [0.2, 0.25) is 0 Å². The van der Waals surface area contributed by atoms with Crippen LogP contribution in [0.25, 0.3) is 0 Å². The molecule has 0 bridgehead atoms. The number of hydrogen-bond acceptors (Lipinski definition) is 5. The van der Waals surface area contributed by atoms with Crippen LogP contribution in [0.5, 0.6) is 0 Å². The van der Waals surface area contributed by atoms with Crippen LogP contribution < -0.4 is 10.0 Å². The third kappa shape index (κ3) is 5.48. The van der Waals surface area contributed by atoms with Crippen molar-refractivity contribution in [2.45, 2.75) is 6.54 Å². The lowest BCUT2D eigenvalue weighted by molar-refractivity contribution is 0.180. The molecule has 2 amide bonds. The number of nitrogens with one attached hydrogen (secondary N) is 2. The van der Waals surface area contributed by atoms with Gasteiger partial charge in [-0.3, -0.25) is 4.72 Å². The summed E-state index contributed by atoms with van der Waals surface area (Å²) in [5, 5.41) is 11.9. The molecular formula is C16H22N4O5S. The molecule has 1 aromatic carbocycles. The molecule has 2 rings (SSSR count). The van der Waals surface area contributed by atoms with Gasteiger partial charge in [-0.05, 0) is 30.3 Å². The predicted molar refractivity (Wildman–Crippen MR) is 97.9 cm³/mol. The van der Waals surface area contributed by atoms with Gasteiger partial charge in [0.1, 0.15) is 5.76 Å². The zero-order valence-corrected chi connectivity index (χ0v) is 15.4. The summed E-state index contributed by atoms with van der Waals surface area (Å²) in [6, 6.07) is 9.33. The van der Waals surface area contributed by atoms with E-state index in [-0.39, 0.29) is 19.7 Å². The van der Waals surface area contributed by atoms with Crippen molar-refractivity contribution in [2.75, 3.05) is 37.3 Å². The van der Waals surface area contributed by atoms with Crippen molar-refractivity contribution < 1.29 is 22.7 Å². The molecule has 1 aromatic heterocycles. The number of amides is 2. The summed E-state index contributed by atoms with van der Waals surface area (Å²) < 4.78 is 32.4. The van der Waals surface area contributed by atoms with Crippen molar-refractivity contribution in [3.05, 3.63) is 48.4 Å². The van der Waals surface area contributed by atoms with Crippen LogP contribution in [0.4, 0.5) is 16.2 Å². The molecule has 3 N–H and O–H groups in total. The predicted octanol–water partition coefficient (Wildman–Crippen LogP) is 1.52. The Morgan fingerprint density at radius 3 is 2.54 bits per heavy atom. The van der Waals surface area contributed by atoms with E-state index in [9.17, 15) is 18.3 Å². The minimum atomic E-state index is -3.64. The van der Waals surface area contributed by atoms with E-state index in [4.69, 9.17) is 4.42 Å². The molecule has 0 radical (unpaired) electrons. The first-order valence-electron chi connectivity index (χ1n) is 7.81. The summed E-state index contributed by atoms with van der Waals surface area (Å²) in [5.41, 5.74) is 0.729. The van der Waals surface area contributed by atoms with Gasteiger partial charge >= 0.3 is 16.2 Å². The topological polar surface area (TPSA) is 115 Å². The molecule has 1 heterocycles. The average Bonchev–Trinajstić information content (AvgIpc) is 3.07. The number of anilines is 2. The SMILES string of the molecule is CN(C)S(=O)(=O)Nc1cccc(NC(=O)N(CCO)Cc2ccco2)c1. The Balaban J connectivity index is 2.08. The van der Waals surface area contributed by atoms with E-state index >= 15 is 0 Å². The standard InChI is InChI=1S/C16H22N4O5S/c1-19(2)26(23,24)18-14-6-3-5-13(11-14)17-16(22)20(8-9-21)12-15-7-4-10-25-15/h3-7,10-11,18,21H,8-9,12H2,1-2H3,(H,17,22). The zero-order valence-electron chi connectivity index (χ0n) is 14.5. The van der Waals surface area contributed by atoms with Gasteiger partial charge in [0.25, 0.3) is 0 Å². The number of furan rings is 1. The van der Waals surface area contributed by atoms with E-state index in [1.807, 2.05) is 0 Å². The molecule has 0 saturated heterocycles. The average molecular weight is 382 g/mol. The number of aliphatic hydroxyl groups excluding tert-OH is 1. The summed E-state index contributed by atoms with van der Waals surface area (Å²) in [6.07, 6.45) is 1.50. The zero-order chi connectivity index (χ0) is 19.2. The summed E-state index contributed by atoms with van der Waals surface area (Å²) in [6.45, 7) is 0.128. The Labute approximate surface area is 152 Å².